The summed E-state index contributed by atoms with van der Waals surface area (Å²) in [6.07, 6.45) is 4.05. The van der Waals surface area contributed by atoms with Crippen LogP contribution in [-0.2, 0) is 11.8 Å². The van der Waals surface area contributed by atoms with Crippen molar-refractivity contribution in [3.8, 4) is 0 Å². The summed E-state index contributed by atoms with van der Waals surface area (Å²) in [5, 5.41) is 4.17. The number of fused-ring (bicyclic) bond motifs is 1. The van der Waals surface area contributed by atoms with E-state index in [0.29, 0.717) is 6.04 Å². The predicted octanol–water partition coefficient (Wildman–Crippen LogP) is 0.536. The van der Waals surface area contributed by atoms with Crippen LogP contribution in [0.5, 0.6) is 0 Å². The van der Waals surface area contributed by atoms with E-state index in [0.717, 1.165) is 30.5 Å². The van der Waals surface area contributed by atoms with Gasteiger partial charge in [-0.3, -0.25) is 9.58 Å². The molecule has 16 heavy (non-hydrogen) atoms. The first-order valence-electron chi connectivity index (χ1n) is 5.79. The molecule has 0 spiro atoms. The van der Waals surface area contributed by atoms with Gasteiger partial charge in [0.25, 0.3) is 0 Å². The molecule has 2 saturated heterocycles. The summed E-state index contributed by atoms with van der Waals surface area (Å²) in [5.41, 5.74) is 7.70. The molecule has 0 bridgehead atoms. The number of nitrogen functional groups attached to an aromatic ring is 1. The molecule has 4 unspecified atom stereocenters. The first kappa shape index (κ1) is 10.1. The Bertz CT molecular complexity index is 369. The Hall–Kier alpha value is -1.07. The lowest BCUT2D eigenvalue weighted by Gasteiger charge is -2.17. The summed E-state index contributed by atoms with van der Waals surface area (Å²) in [5.74, 6) is 0. The molecule has 3 heterocycles. The number of aromatic nitrogens is 2. The highest BCUT2D eigenvalue weighted by atomic mass is 16.5. The van der Waals surface area contributed by atoms with Gasteiger partial charge in [0, 0.05) is 19.1 Å². The van der Waals surface area contributed by atoms with Crippen LogP contribution in [0, 0.1) is 0 Å². The second kappa shape index (κ2) is 3.46. The van der Waals surface area contributed by atoms with Gasteiger partial charge in [-0.25, -0.2) is 0 Å². The van der Waals surface area contributed by atoms with Crippen molar-refractivity contribution in [2.24, 2.45) is 7.05 Å². The van der Waals surface area contributed by atoms with Crippen molar-refractivity contribution in [2.45, 2.75) is 31.0 Å². The van der Waals surface area contributed by atoms with Gasteiger partial charge in [0.15, 0.2) is 0 Å². The van der Waals surface area contributed by atoms with E-state index in [1.54, 1.807) is 6.20 Å². The molecule has 5 heteroatoms. The number of nitrogens with two attached hydrogens (primary N) is 1. The first-order chi connectivity index (χ1) is 7.68. The molecular weight excluding hydrogens is 204 g/mol. The Morgan fingerprint density at radius 3 is 2.88 bits per heavy atom. The van der Waals surface area contributed by atoms with E-state index in [1.165, 1.54) is 6.42 Å². The second-order valence-electron chi connectivity index (χ2n) is 4.81. The number of rotatable bonds is 1. The van der Waals surface area contributed by atoms with Crippen LogP contribution < -0.4 is 5.73 Å². The summed E-state index contributed by atoms with van der Waals surface area (Å²) in [6.45, 7) is 0.816. The minimum Gasteiger partial charge on any atom is -0.396 e. The standard InChI is InChI=1S/C11H18N4O/c1-14-8-3-4-10(16-6-9(8)14)11-7(12)5-13-15(11)2/h5,8-10H,3-4,6,12H2,1-2H3. The molecule has 2 aliphatic rings. The minimum absolute atomic E-state index is 0.119. The number of aryl methyl sites for hydroxylation is 1. The first-order valence-corrected chi connectivity index (χ1v) is 5.79. The van der Waals surface area contributed by atoms with Gasteiger partial charge in [-0.05, 0) is 19.9 Å². The van der Waals surface area contributed by atoms with E-state index in [-0.39, 0.29) is 6.10 Å². The molecule has 1 aromatic heterocycles. The van der Waals surface area contributed by atoms with Crippen LogP contribution in [0.3, 0.4) is 0 Å². The molecule has 1 aromatic rings. The van der Waals surface area contributed by atoms with Crippen molar-refractivity contribution >= 4 is 5.69 Å². The van der Waals surface area contributed by atoms with Crippen molar-refractivity contribution in [1.29, 1.82) is 0 Å². The van der Waals surface area contributed by atoms with Crippen molar-refractivity contribution in [3.63, 3.8) is 0 Å². The monoisotopic (exact) mass is 222 g/mol. The average Bonchev–Trinajstić information content (AvgIpc) is 2.83. The van der Waals surface area contributed by atoms with Crippen LogP contribution in [0.15, 0.2) is 6.20 Å². The number of nitrogens with zero attached hydrogens (tertiary/aromatic N) is 3. The van der Waals surface area contributed by atoms with Gasteiger partial charge in [-0.2, -0.15) is 5.10 Å². The second-order valence-corrected chi connectivity index (χ2v) is 4.81. The van der Waals surface area contributed by atoms with Crippen molar-refractivity contribution in [2.75, 3.05) is 19.4 Å². The third-order valence-electron chi connectivity index (χ3n) is 3.91. The highest BCUT2D eigenvalue weighted by Crippen LogP contribution is 2.39. The van der Waals surface area contributed by atoms with Crippen molar-refractivity contribution < 1.29 is 4.74 Å². The Labute approximate surface area is 95.2 Å². The molecule has 88 valence electrons. The zero-order valence-electron chi connectivity index (χ0n) is 9.76. The minimum atomic E-state index is 0.119. The summed E-state index contributed by atoms with van der Waals surface area (Å²) in [6, 6.07) is 1.35. The number of likely N-dealkylation sites (N-methyl/N-ethyl adjacent to an activating group) is 1. The lowest BCUT2D eigenvalue weighted by atomic mass is 10.1. The van der Waals surface area contributed by atoms with Gasteiger partial charge in [0.05, 0.1) is 24.2 Å². The van der Waals surface area contributed by atoms with E-state index < -0.39 is 0 Å². The molecule has 2 aliphatic heterocycles. The molecule has 0 aromatic carbocycles. The maximum Gasteiger partial charge on any atom is 0.101 e. The van der Waals surface area contributed by atoms with Crippen LogP contribution in [-0.4, -0.2) is 40.4 Å². The highest BCUT2D eigenvalue weighted by Gasteiger charge is 2.46. The van der Waals surface area contributed by atoms with Crippen LogP contribution in [0.2, 0.25) is 0 Å². The number of ether oxygens (including phenoxy) is 1. The predicted molar refractivity (Wildman–Crippen MR) is 60.9 cm³/mol. The topological polar surface area (TPSA) is 56.1 Å². The fourth-order valence-corrected chi connectivity index (χ4v) is 2.79. The fraction of sp³-hybridized carbons (Fsp3) is 0.727. The van der Waals surface area contributed by atoms with Gasteiger partial charge in [-0.15, -0.1) is 0 Å². The summed E-state index contributed by atoms with van der Waals surface area (Å²) >= 11 is 0. The molecule has 2 fully saturated rings. The normalized spacial score (nSPS) is 37.9. The van der Waals surface area contributed by atoms with Gasteiger partial charge in [0.1, 0.15) is 6.10 Å². The van der Waals surface area contributed by atoms with Crippen molar-refractivity contribution in [3.05, 3.63) is 11.9 Å². The highest BCUT2D eigenvalue weighted by molar-refractivity contribution is 5.42. The van der Waals surface area contributed by atoms with Crippen LogP contribution >= 0.6 is 0 Å². The molecule has 0 amide bonds. The van der Waals surface area contributed by atoms with Gasteiger partial charge < -0.3 is 10.5 Å². The summed E-state index contributed by atoms with van der Waals surface area (Å²) < 4.78 is 7.78. The van der Waals surface area contributed by atoms with Crippen LogP contribution in [0.25, 0.3) is 0 Å². The SMILES string of the molecule is CN1C2CCC(c3c(N)cnn3C)OCC21. The maximum absolute atomic E-state index is 5.95. The zero-order chi connectivity index (χ0) is 11.3. The third-order valence-corrected chi connectivity index (χ3v) is 3.91. The summed E-state index contributed by atoms with van der Waals surface area (Å²) in [4.78, 5) is 2.38. The van der Waals surface area contributed by atoms with Crippen molar-refractivity contribution in [1.82, 2.24) is 14.7 Å². The Morgan fingerprint density at radius 1 is 1.38 bits per heavy atom. The van der Waals surface area contributed by atoms with E-state index in [2.05, 4.69) is 17.0 Å². The molecule has 0 radical (unpaired) electrons. The Kier molecular flexibility index (Phi) is 2.19. The van der Waals surface area contributed by atoms with Gasteiger partial charge >= 0.3 is 0 Å². The van der Waals surface area contributed by atoms with E-state index in [9.17, 15) is 0 Å². The van der Waals surface area contributed by atoms with E-state index in [4.69, 9.17) is 10.5 Å². The van der Waals surface area contributed by atoms with Crippen LogP contribution in [0.4, 0.5) is 5.69 Å². The molecule has 2 N–H and O–H groups in total. The largest absolute Gasteiger partial charge is 0.396 e. The van der Waals surface area contributed by atoms with Gasteiger partial charge in [-0.1, -0.05) is 0 Å². The molecule has 0 saturated carbocycles. The Morgan fingerprint density at radius 2 is 2.19 bits per heavy atom. The van der Waals surface area contributed by atoms with E-state index in [1.807, 2.05) is 11.7 Å². The number of hydrogen-bond acceptors (Lipinski definition) is 4. The fourth-order valence-electron chi connectivity index (χ4n) is 2.79. The molecule has 3 rings (SSSR count). The Balaban J connectivity index is 1.77. The van der Waals surface area contributed by atoms with E-state index >= 15 is 0 Å². The third kappa shape index (κ3) is 1.43. The average molecular weight is 222 g/mol. The smallest absolute Gasteiger partial charge is 0.101 e. The lowest BCUT2D eigenvalue weighted by Crippen LogP contribution is -2.14. The molecule has 0 aliphatic carbocycles. The quantitative estimate of drug-likeness (QED) is 0.704. The lowest BCUT2D eigenvalue weighted by molar-refractivity contribution is 0.0427. The molecular formula is C11H18N4O. The zero-order valence-corrected chi connectivity index (χ0v) is 9.76. The summed E-state index contributed by atoms with van der Waals surface area (Å²) in [7, 11) is 4.09. The number of hydrogen-bond donors (Lipinski definition) is 1. The maximum atomic E-state index is 5.95. The molecule has 5 nitrogen and oxygen atoms in total. The van der Waals surface area contributed by atoms with Gasteiger partial charge in [0.2, 0.25) is 0 Å². The molecule has 4 atom stereocenters. The number of anilines is 1. The van der Waals surface area contributed by atoms with Crippen LogP contribution in [0.1, 0.15) is 24.6 Å².